The van der Waals surface area contributed by atoms with Crippen LogP contribution in [-0.2, 0) is 18.5 Å². The van der Waals surface area contributed by atoms with Gasteiger partial charge in [0.25, 0.3) is 0 Å². The van der Waals surface area contributed by atoms with Gasteiger partial charge in [0.2, 0.25) is 5.88 Å². The van der Waals surface area contributed by atoms with E-state index in [0.717, 1.165) is 5.69 Å². The van der Waals surface area contributed by atoms with Gasteiger partial charge in [-0.15, -0.1) is 0 Å². The Balaban J connectivity index is 1.73. The Labute approximate surface area is 156 Å². The summed E-state index contributed by atoms with van der Waals surface area (Å²) in [6, 6.07) is 16.0. The van der Waals surface area contributed by atoms with Crippen molar-refractivity contribution in [2.45, 2.75) is 13.5 Å². The van der Waals surface area contributed by atoms with Crippen LogP contribution >= 0.6 is 0 Å². The number of hydrogen-bond donors (Lipinski definition) is 1. The van der Waals surface area contributed by atoms with Crippen molar-refractivity contribution in [3.8, 4) is 11.6 Å². The number of aryl methyl sites for hydroxylation is 2. The number of carboxylic acids is 1. The maximum absolute atomic E-state index is 11.2. The third-order valence-electron chi connectivity index (χ3n) is 3.90. The molecule has 2 aromatic carbocycles. The largest absolute Gasteiger partial charge is 0.478 e. The van der Waals surface area contributed by atoms with E-state index in [1.807, 2.05) is 37.3 Å². The summed E-state index contributed by atoms with van der Waals surface area (Å²) in [5.41, 5.74) is 2.17. The van der Waals surface area contributed by atoms with E-state index >= 15 is 0 Å². The molecule has 0 atom stereocenters. The maximum atomic E-state index is 11.2. The second-order valence-corrected chi connectivity index (χ2v) is 5.81. The summed E-state index contributed by atoms with van der Waals surface area (Å²) in [5.74, 6) is 0.225. The van der Waals surface area contributed by atoms with Gasteiger partial charge in [-0.3, -0.25) is 0 Å². The molecule has 0 aliphatic carbocycles. The van der Waals surface area contributed by atoms with Crippen LogP contribution in [-0.4, -0.2) is 27.1 Å². The van der Waals surface area contributed by atoms with Gasteiger partial charge < -0.3 is 14.7 Å². The Morgan fingerprint density at radius 2 is 1.89 bits per heavy atom. The van der Waals surface area contributed by atoms with Crippen LogP contribution in [0.15, 0.2) is 59.8 Å². The first-order valence-electron chi connectivity index (χ1n) is 8.29. The number of oxime groups is 1. The van der Waals surface area contributed by atoms with Crippen LogP contribution in [0.2, 0.25) is 0 Å². The first-order valence-corrected chi connectivity index (χ1v) is 8.29. The second kappa shape index (κ2) is 8.18. The molecule has 3 aromatic rings. The highest BCUT2D eigenvalue weighted by molar-refractivity contribution is 5.89. The van der Waals surface area contributed by atoms with Crippen molar-refractivity contribution in [3.05, 3.63) is 77.0 Å². The lowest BCUT2D eigenvalue weighted by atomic mass is 10.1. The van der Waals surface area contributed by atoms with Gasteiger partial charge in [-0.05, 0) is 25.1 Å². The molecule has 1 heterocycles. The van der Waals surface area contributed by atoms with Crippen molar-refractivity contribution in [1.29, 1.82) is 0 Å². The van der Waals surface area contributed by atoms with Crippen LogP contribution in [0.1, 0.15) is 27.2 Å². The molecule has 0 saturated heterocycles. The lowest BCUT2D eigenvalue weighted by molar-refractivity contribution is 0.0688. The van der Waals surface area contributed by atoms with E-state index in [9.17, 15) is 9.90 Å². The number of benzene rings is 2. The normalized spacial score (nSPS) is 10.9. The Morgan fingerprint density at radius 1 is 1.19 bits per heavy atom. The van der Waals surface area contributed by atoms with E-state index in [4.69, 9.17) is 9.57 Å². The molecule has 0 aliphatic heterocycles. The van der Waals surface area contributed by atoms with E-state index in [-0.39, 0.29) is 12.2 Å². The molecule has 3 rings (SSSR count). The minimum atomic E-state index is -1.00. The SMILES string of the molecule is Cc1nn(C)c(Oc2ccccc2)c1C=NOCc1ccccc1C(=O)O. The van der Waals surface area contributed by atoms with E-state index in [1.165, 1.54) is 12.3 Å². The van der Waals surface area contributed by atoms with Gasteiger partial charge in [0.15, 0.2) is 0 Å². The lowest BCUT2D eigenvalue weighted by Crippen LogP contribution is -2.02. The molecular formula is C20H19N3O4. The Bertz CT molecular complexity index is 965. The van der Waals surface area contributed by atoms with E-state index in [2.05, 4.69) is 10.3 Å². The molecule has 0 spiro atoms. The zero-order valence-electron chi connectivity index (χ0n) is 15.0. The lowest BCUT2D eigenvalue weighted by Gasteiger charge is -2.07. The Kier molecular flexibility index (Phi) is 5.51. The van der Waals surface area contributed by atoms with E-state index < -0.39 is 5.97 Å². The van der Waals surface area contributed by atoms with E-state index in [1.54, 1.807) is 29.9 Å². The number of aromatic carboxylic acids is 1. The number of carboxylic acid groups (broad SMARTS) is 1. The van der Waals surface area contributed by atoms with Gasteiger partial charge >= 0.3 is 5.97 Å². The molecule has 0 amide bonds. The molecule has 138 valence electrons. The molecule has 0 fully saturated rings. The van der Waals surface area contributed by atoms with Crippen molar-refractivity contribution in [3.63, 3.8) is 0 Å². The highest BCUT2D eigenvalue weighted by Crippen LogP contribution is 2.25. The van der Waals surface area contributed by atoms with Crippen LogP contribution in [0.4, 0.5) is 0 Å². The van der Waals surface area contributed by atoms with Crippen molar-refractivity contribution < 1.29 is 19.5 Å². The molecule has 7 nitrogen and oxygen atoms in total. The monoisotopic (exact) mass is 365 g/mol. The number of ether oxygens (including phenoxy) is 1. The van der Waals surface area contributed by atoms with Gasteiger partial charge in [0, 0.05) is 12.6 Å². The fourth-order valence-electron chi connectivity index (χ4n) is 2.57. The van der Waals surface area contributed by atoms with Gasteiger partial charge in [-0.2, -0.15) is 5.10 Å². The predicted octanol–water partition coefficient (Wildman–Crippen LogP) is 3.77. The highest BCUT2D eigenvalue weighted by atomic mass is 16.6. The first kappa shape index (κ1) is 18.2. The molecule has 1 aromatic heterocycles. The summed E-state index contributed by atoms with van der Waals surface area (Å²) >= 11 is 0. The summed E-state index contributed by atoms with van der Waals surface area (Å²) < 4.78 is 7.53. The summed E-state index contributed by atoms with van der Waals surface area (Å²) in [4.78, 5) is 16.5. The molecule has 27 heavy (non-hydrogen) atoms. The third-order valence-corrected chi connectivity index (χ3v) is 3.90. The molecule has 0 bridgehead atoms. The van der Waals surface area contributed by atoms with Crippen molar-refractivity contribution in [1.82, 2.24) is 9.78 Å². The Hall–Kier alpha value is -3.61. The minimum absolute atomic E-state index is 0.0488. The van der Waals surface area contributed by atoms with Crippen LogP contribution in [0, 0.1) is 6.92 Å². The number of rotatable bonds is 7. The van der Waals surface area contributed by atoms with Crippen molar-refractivity contribution in [2.75, 3.05) is 0 Å². The Morgan fingerprint density at radius 3 is 2.63 bits per heavy atom. The van der Waals surface area contributed by atoms with Crippen LogP contribution < -0.4 is 4.74 Å². The molecule has 7 heteroatoms. The topological polar surface area (TPSA) is 85.9 Å². The number of hydrogen-bond acceptors (Lipinski definition) is 5. The summed E-state index contributed by atoms with van der Waals surface area (Å²) in [5, 5.41) is 17.5. The second-order valence-electron chi connectivity index (χ2n) is 5.81. The molecule has 0 saturated carbocycles. The zero-order valence-corrected chi connectivity index (χ0v) is 15.0. The highest BCUT2D eigenvalue weighted by Gasteiger charge is 2.14. The minimum Gasteiger partial charge on any atom is -0.478 e. The van der Waals surface area contributed by atoms with Crippen molar-refractivity contribution in [2.24, 2.45) is 12.2 Å². The average molecular weight is 365 g/mol. The van der Waals surface area contributed by atoms with Gasteiger partial charge in [-0.1, -0.05) is 41.6 Å². The number of nitrogens with zero attached hydrogens (tertiary/aromatic N) is 3. The van der Waals surface area contributed by atoms with Crippen molar-refractivity contribution >= 4 is 12.2 Å². The summed E-state index contributed by atoms with van der Waals surface area (Å²) in [6.07, 6.45) is 1.52. The maximum Gasteiger partial charge on any atom is 0.336 e. The fourth-order valence-corrected chi connectivity index (χ4v) is 2.57. The standard InChI is InChI=1S/C20H19N3O4/c1-14-18(19(23(2)22-14)27-16-9-4-3-5-10-16)12-21-26-13-15-8-6-7-11-17(15)20(24)25/h3-12H,13H2,1-2H3,(H,24,25). The summed E-state index contributed by atoms with van der Waals surface area (Å²) in [6.45, 7) is 1.89. The first-order chi connectivity index (χ1) is 13.1. The number of aromatic nitrogens is 2. The number of para-hydroxylation sites is 1. The molecular weight excluding hydrogens is 346 g/mol. The fraction of sp³-hybridized carbons (Fsp3) is 0.150. The van der Waals surface area contributed by atoms with Gasteiger partial charge in [-0.25, -0.2) is 9.48 Å². The van der Waals surface area contributed by atoms with Gasteiger partial charge in [0.1, 0.15) is 12.4 Å². The molecule has 0 radical (unpaired) electrons. The van der Waals surface area contributed by atoms with E-state index in [0.29, 0.717) is 22.8 Å². The summed E-state index contributed by atoms with van der Waals surface area (Å²) in [7, 11) is 1.78. The third kappa shape index (κ3) is 4.33. The molecule has 0 aliphatic rings. The molecule has 0 unspecified atom stereocenters. The van der Waals surface area contributed by atoms with Crippen LogP contribution in [0.3, 0.4) is 0 Å². The average Bonchev–Trinajstić information content (AvgIpc) is 2.93. The number of carbonyl (C=O) groups is 1. The smallest absolute Gasteiger partial charge is 0.336 e. The van der Waals surface area contributed by atoms with Crippen LogP contribution in [0.25, 0.3) is 0 Å². The predicted molar refractivity (Wildman–Crippen MR) is 100 cm³/mol. The van der Waals surface area contributed by atoms with Crippen LogP contribution in [0.5, 0.6) is 11.6 Å². The zero-order chi connectivity index (χ0) is 19.2. The quantitative estimate of drug-likeness (QED) is 0.509. The van der Waals surface area contributed by atoms with Gasteiger partial charge in [0.05, 0.1) is 23.0 Å². The molecule has 1 N–H and O–H groups in total.